The lowest BCUT2D eigenvalue weighted by atomic mass is 10.1. The summed E-state index contributed by atoms with van der Waals surface area (Å²) in [6, 6.07) is 0.734. The molecule has 0 bridgehead atoms. The van der Waals surface area contributed by atoms with Crippen molar-refractivity contribution < 1.29 is 9.47 Å². The molecule has 1 saturated carbocycles. The summed E-state index contributed by atoms with van der Waals surface area (Å²) in [6.07, 6.45) is 9.40. The molecule has 0 spiro atoms. The standard InChI is InChI=1S/C14H29NO2/c1-2-10-16-12-13-17-11-9-15-14-7-5-3-4-6-8-14/h14-15H,2-13H2,1H3. The Morgan fingerprint density at radius 3 is 2.18 bits per heavy atom. The quantitative estimate of drug-likeness (QED) is 0.499. The van der Waals surface area contributed by atoms with Gasteiger partial charge in [0.2, 0.25) is 0 Å². The first-order chi connectivity index (χ1) is 8.43. The molecular weight excluding hydrogens is 214 g/mol. The van der Waals surface area contributed by atoms with E-state index in [1.165, 1.54) is 38.5 Å². The first-order valence-corrected chi connectivity index (χ1v) is 7.32. The van der Waals surface area contributed by atoms with Crippen LogP contribution in [0.25, 0.3) is 0 Å². The maximum Gasteiger partial charge on any atom is 0.0701 e. The van der Waals surface area contributed by atoms with Gasteiger partial charge in [-0.15, -0.1) is 0 Å². The van der Waals surface area contributed by atoms with Crippen LogP contribution < -0.4 is 5.32 Å². The van der Waals surface area contributed by atoms with Crippen molar-refractivity contribution in [3.63, 3.8) is 0 Å². The van der Waals surface area contributed by atoms with Gasteiger partial charge in [0.05, 0.1) is 19.8 Å². The minimum absolute atomic E-state index is 0.729. The predicted octanol–water partition coefficient (Wildman–Crippen LogP) is 2.74. The lowest BCUT2D eigenvalue weighted by molar-refractivity contribution is 0.0483. The number of ether oxygens (including phenoxy) is 2. The van der Waals surface area contributed by atoms with E-state index in [9.17, 15) is 0 Å². The Hall–Kier alpha value is -0.120. The third-order valence-electron chi connectivity index (χ3n) is 3.26. The molecule has 3 nitrogen and oxygen atoms in total. The highest BCUT2D eigenvalue weighted by Crippen LogP contribution is 2.16. The van der Waals surface area contributed by atoms with Gasteiger partial charge in [-0.2, -0.15) is 0 Å². The second-order valence-corrected chi connectivity index (χ2v) is 4.87. The van der Waals surface area contributed by atoms with Crippen molar-refractivity contribution >= 4 is 0 Å². The number of rotatable bonds is 9. The topological polar surface area (TPSA) is 30.5 Å². The van der Waals surface area contributed by atoms with Crippen LogP contribution in [-0.2, 0) is 9.47 Å². The van der Waals surface area contributed by atoms with Gasteiger partial charge in [0, 0.05) is 19.2 Å². The molecule has 0 aromatic rings. The van der Waals surface area contributed by atoms with Crippen LogP contribution in [0.15, 0.2) is 0 Å². The molecule has 1 rings (SSSR count). The van der Waals surface area contributed by atoms with Crippen LogP contribution in [0.1, 0.15) is 51.9 Å². The van der Waals surface area contributed by atoms with Crippen LogP contribution in [0.3, 0.4) is 0 Å². The lowest BCUT2D eigenvalue weighted by Crippen LogP contribution is -2.31. The smallest absolute Gasteiger partial charge is 0.0701 e. The Morgan fingerprint density at radius 2 is 1.53 bits per heavy atom. The molecule has 102 valence electrons. The van der Waals surface area contributed by atoms with Crippen LogP contribution in [-0.4, -0.2) is 39.0 Å². The average Bonchev–Trinajstić information content (AvgIpc) is 2.61. The van der Waals surface area contributed by atoms with Crippen LogP contribution in [0.2, 0.25) is 0 Å². The van der Waals surface area contributed by atoms with Crippen molar-refractivity contribution in [2.45, 2.75) is 57.9 Å². The molecule has 1 aliphatic rings. The van der Waals surface area contributed by atoms with Crippen molar-refractivity contribution in [1.82, 2.24) is 5.32 Å². The zero-order chi connectivity index (χ0) is 12.2. The summed E-state index contributed by atoms with van der Waals surface area (Å²) in [5.41, 5.74) is 0. The molecule has 1 N–H and O–H groups in total. The fourth-order valence-corrected chi connectivity index (χ4v) is 2.29. The molecular formula is C14H29NO2. The molecule has 0 radical (unpaired) electrons. The predicted molar refractivity (Wildman–Crippen MR) is 71.4 cm³/mol. The van der Waals surface area contributed by atoms with E-state index in [-0.39, 0.29) is 0 Å². The summed E-state index contributed by atoms with van der Waals surface area (Å²) in [4.78, 5) is 0. The van der Waals surface area contributed by atoms with E-state index in [2.05, 4.69) is 12.2 Å². The van der Waals surface area contributed by atoms with E-state index < -0.39 is 0 Å². The third kappa shape index (κ3) is 8.58. The zero-order valence-corrected chi connectivity index (χ0v) is 11.4. The van der Waals surface area contributed by atoms with Gasteiger partial charge >= 0.3 is 0 Å². The summed E-state index contributed by atoms with van der Waals surface area (Å²) < 4.78 is 10.9. The zero-order valence-electron chi connectivity index (χ0n) is 11.4. The monoisotopic (exact) mass is 243 g/mol. The molecule has 1 aliphatic carbocycles. The van der Waals surface area contributed by atoms with Gasteiger partial charge < -0.3 is 14.8 Å². The molecule has 3 heteroatoms. The molecule has 0 heterocycles. The van der Waals surface area contributed by atoms with Crippen LogP contribution >= 0.6 is 0 Å². The lowest BCUT2D eigenvalue weighted by Gasteiger charge is -2.16. The van der Waals surface area contributed by atoms with Crippen molar-refractivity contribution in [1.29, 1.82) is 0 Å². The molecule has 17 heavy (non-hydrogen) atoms. The highest BCUT2D eigenvalue weighted by atomic mass is 16.5. The maximum atomic E-state index is 5.52. The molecule has 0 aromatic carbocycles. The summed E-state index contributed by atoms with van der Waals surface area (Å²) >= 11 is 0. The van der Waals surface area contributed by atoms with Crippen LogP contribution in [0, 0.1) is 0 Å². The van der Waals surface area contributed by atoms with Crippen LogP contribution in [0.5, 0.6) is 0 Å². The second-order valence-electron chi connectivity index (χ2n) is 4.87. The summed E-state index contributed by atoms with van der Waals surface area (Å²) in [7, 11) is 0. The number of hydrogen-bond acceptors (Lipinski definition) is 3. The average molecular weight is 243 g/mol. The SMILES string of the molecule is CCCOCCOCCNC1CCCCCC1. The normalized spacial score (nSPS) is 18.2. The van der Waals surface area contributed by atoms with Gasteiger partial charge in [0.25, 0.3) is 0 Å². The number of nitrogens with one attached hydrogen (secondary N) is 1. The van der Waals surface area contributed by atoms with Gasteiger partial charge in [0.1, 0.15) is 0 Å². The van der Waals surface area contributed by atoms with Crippen molar-refractivity contribution in [3.05, 3.63) is 0 Å². The van der Waals surface area contributed by atoms with Gasteiger partial charge in [-0.05, 0) is 19.3 Å². The molecule has 0 unspecified atom stereocenters. The molecule has 0 aliphatic heterocycles. The van der Waals surface area contributed by atoms with Crippen LogP contribution in [0.4, 0.5) is 0 Å². The molecule has 0 amide bonds. The van der Waals surface area contributed by atoms with E-state index in [4.69, 9.17) is 9.47 Å². The molecule has 0 aromatic heterocycles. The third-order valence-corrected chi connectivity index (χ3v) is 3.26. The van der Waals surface area contributed by atoms with Gasteiger partial charge in [0.15, 0.2) is 0 Å². The Kier molecular flexibility index (Phi) is 9.66. The largest absolute Gasteiger partial charge is 0.379 e. The Labute approximate surface area is 106 Å². The van der Waals surface area contributed by atoms with E-state index in [1.807, 2.05) is 0 Å². The Balaban J connectivity index is 1.82. The first kappa shape index (κ1) is 14.9. The van der Waals surface area contributed by atoms with Gasteiger partial charge in [-0.1, -0.05) is 32.6 Å². The molecule has 0 atom stereocenters. The summed E-state index contributed by atoms with van der Waals surface area (Å²) in [5, 5.41) is 3.60. The Morgan fingerprint density at radius 1 is 0.882 bits per heavy atom. The highest BCUT2D eigenvalue weighted by Gasteiger charge is 2.10. The van der Waals surface area contributed by atoms with Gasteiger partial charge in [-0.25, -0.2) is 0 Å². The van der Waals surface area contributed by atoms with E-state index in [0.29, 0.717) is 0 Å². The number of hydrogen-bond donors (Lipinski definition) is 1. The minimum atomic E-state index is 0.729. The second kappa shape index (κ2) is 11.0. The van der Waals surface area contributed by atoms with E-state index in [0.717, 1.165) is 45.4 Å². The summed E-state index contributed by atoms with van der Waals surface area (Å²) in [6.45, 7) is 6.23. The van der Waals surface area contributed by atoms with Crippen molar-refractivity contribution in [2.24, 2.45) is 0 Å². The highest BCUT2D eigenvalue weighted by molar-refractivity contribution is 4.70. The fourth-order valence-electron chi connectivity index (χ4n) is 2.29. The first-order valence-electron chi connectivity index (χ1n) is 7.32. The summed E-state index contributed by atoms with van der Waals surface area (Å²) in [5.74, 6) is 0. The van der Waals surface area contributed by atoms with E-state index in [1.54, 1.807) is 0 Å². The van der Waals surface area contributed by atoms with Crippen molar-refractivity contribution in [3.8, 4) is 0 Å². The maximum absolute atomic E-state index is 5.52. The molecule has 1 fully saturated rings. The minimum Gasteiger partial charge on any atom is -0.379 e. The Bertz CT molecular complexity index is 156. The fraction of sp³-hybridized carbons (Fsp3) is 1.00. The van der Waals surface area contributed by atoms with E-state index >= 15 is 0 Å². The van der Waals surface area contributed by atoms with Crippen molar-refractivity contribution in [2.75, 3.05) is 33.0 Å². The molecule has 0 saturated heterocycles. The van der Waals surface area contributed by atoms with Gasteiger partial charge in [-0.3, -0.25) is 0 Å².